The van der Waals surface area contributed by atoms with Gasteiger partial charge in [-0.3, -0.25) is 4.99 Å². The molecule has 4 heteroatoms. The second kappa shape index (κ2) is 5.61. The number of hydrogen-bond acceptors (Lipinski definition) is 3. The van der Waals surface area contributed by atoms with Crippen molar-refractivity contribution in [2.45, 2.75) is 51.7 Å². The zero-order valence-electron chi connectivity index (χ0n) is 11.2. The largest absolute Gasteiger partial charge is 0.378 e. The van der Waals surface area contributed by atoms with E-state index in [0.29, 0.717) is 12.0 Å². The molecule has 0 amide bonds. The van der Waals surface area contributed by atoms with Gasteiger partial charge in [0.15, 0.2) is 5.17 Å². The fraction of sp³-hybridized carbons (Fsp3) is 0.923. The Morgan fingerprint density at radius 2 is 2.41 bits per heavy atom. The number of nitrogens with one attached hydrogen (secondary N) is 1. The average Bonchev–Trinajstić information content (AvgIpc) is 2.73. The van der Waals surface area contributed by atoms with Crippen LogP contribution in [-0.2, 0) is 4.74 Å². The summed E-state index contributed by atoms with van der Waals surface area (Å²) >= 11 is 1.86. The third kappa shape index (κ3) is 3.38. The van der Waals surface area contributed by atoms with Crippen LogP contribution in [0.4, 0.5) is 0 Å². The summed E-state index contributed by atoms with van der Waals surface area (Å²) in [6, 6.07) is 0. The second-order valence-electron chi connectivity index (χ2n) is 5.41. The van der Waals surface area contributed by atoms with Gasteiger partial charge in [-0.25, -0.2) is 0 Å². The zero-order valence-corrected chi connectivity index (χ0v) is 12.0. The Labute approximate surface area is 109 Å². The Kier molecular flexibility index (Phi) is 4.36. The van der Waals surface area contributed by atoms with Crippen LogP contribution in [0, 0.1) is 5.92 Å². The van der Waals surface area contributed by atoms with Crippen LogP contribution in [0.15, 0.2) is 4.99 Å². The highest BCUT2D eigenvalue weighted by Gasteiger charge is 2.28. The van der Waals surface area contributed by atoms with Crippen molar-refractivity contribution < 1.29 is 4.74 Å². The van der Waals surface area contributed by atoms with Crippen molar-refractivity contribution in [3.05, 3.63) is 0 Å². The predicted octanol–water partition coefficient (Wildman–Crippen LogP) is 2.66. The van der Waals surface area contributed by atoms with Crippen LogP contribution in [0.3, 0.4) is 0 Å². The lowest BCUT2D eigenvalue weighted by Gasteiger charge is -2.35. The SMILES string of the molecule is CCC1(C)CCSC(=NCC2CCOC2C)N1. The van der Waals surface area contributed by atoms with Crippen LogP contribution in [0.2, 0.25) is 0 Å². The third-order valence-electron chi connectivity index (χ3n) is 4.08. The van der Waals surface area contributed by atoms with Gasteiger partial charge in [0.25, 0.3) is 0 Å². The zero-order chi connectivity index (χ0) is 12.3. The number of ether oxygens (including phenoxy) is 1. The maximum Gasteiger partial charge on any atom is 0.156 e. The third-order valence-corrected chi connectivity index (χ3v) is 5.00. The van der Waals surface area contributed by atoms with E-state index < -0.39 is 0 Å². The maximum atomic E-state index is 5.57. The highest BCUT2D eigenvalue weighted by molar-refractivity contribution is 8.13. The number of aliphatic imine (C=N–C) groups is 1. The first kappa shape index (κ1) is 13.2. The van der Waals surface area contributed by atoms with Gasteiger partial charge in [0, 0.05) is 30.4 Å². The van der Waals surface area contributed by atoms with Gasteiger partial charge >= 0.3 is 0 Å². The van der Waals surface area contributed by atoms with Gasteiger partial charge in [-0.05, 0) is 33.1 Å². The summed E-state index contributed by atoms with van der Waals surface area (Å²) in [7, 11) is 0. The molecule has 17 heavy (non-hydrogen) atoms. The quantitative estimate of drug-likeness (QED) is 0.843. The Morgan fingerprint density at radius 1 is 1.59 bits per heavy atom. The molecule has 0 aromatic heterocycles. The summed E-state index contributed by atoms with van der Waals surface area (Å²) in [4.78, 5) is 4.75. The first-order valence-electron chi connectivity index (χ1n) is 6.70. The monoisotopic (exact) mass is 256 g/mol. The minimum atomic E-state index is 0.252. The van der Waals surface area contributed by atoms with E-state index in [0.717, 1.165) is 31.2 Å². The van der Waals surface area contributed by atoms with E-state index in [9.17, 15) is 0 Å². The van der Waals surface area contributed by atoms with E-state index in [-0.39, 0.29) is 5.54 Å². The highest BCUT2D eigenvalue weighted by atomic mass is 32.2. The summed E-state index contributed by atoms with van der Waals surface area (Å²) < 4.78 is 5.57. The molecule has 2 rings (SSSR count). The van der Waals surface area contributed by atoms with E-state index >= 15 is 0 Å². The molecule has 0 radical (unpaired) electrons. The minimum absolute atomic E-state index is 0.252. The lowest BCUT2D eigenvalue weighted by molar-refractivity contribution is 0.107. The van der Waals surface area contributed by atoms with Crippen molar-refractivity contribution in [3.8, 4) is 0 Å². The molecular formula is C13H24N2OS. The molecule has 0 aliphatic carbocycles. The minimum Gasteiger partial charge on any atom is -0.378 e. The van der Waals surface area contributed by atoms with Crippen molar-refractivity contribution in [2.75, 3.05) is 18.9 Å². The van der Waals surface area contributed by atoms with Gasteiger partial charge < -0.3 is 10.1 Å². The van der Waals surface area contributed by atoms with Gasteiger partial charge in [0.1, 0.15) is 0 Å². The fourth-order valence-corrected chi connectivity index (χ4v) is 3.53. The van der Waals surface area contributed by atoms with Crippen LogP contribution >= 0.6 is 11.8 Å². The summed E-state index contributed by atoms with van der Waals surface area (Å²) in [5, 5.41) is 4.73. The number of nitrogens with zero attached hydrogens (tertiary/aromatic N) is 1. The standard InChI is InChI=1S/C13H24N2OS/c1-4-13(3)6-8-17-12(15-13)14-9-11-5-7-16-10(11)2/h10-11H,4-9H2,1-3H3,(H,14,15). The molecule has 0 saturated carbocycles. The van der Waals surface area contributed by atoms with Crippen LogP contribution in [-0.4, -0.2) is 35.7 Å². The van der Waals surface area contributed by atoms with Crippen molar-refractivity contribution in [1.29, 1.82) is 0 Å². The fourth-order valence-electron chi connectivity index (χ4n) is 2.30. The molecule has 3 nitrogen and oxygen atoms in total. The summed E-state index contributed by atoms with van der Waals surface area (Å²) in [6.07, 6.45) is 3.93. The molecule has 98 valence electrons. The molecule has 0 spiro atoms. The van der Waals surface area contributed by atoms with Crippen molar-refractivity contribution in [1.82, 2.24) is 5.32 Å². The number of hydrogen-bond donors (Lipinski definition) is 1. The molecule has 2 aliphatic heterocycles. The van der Waals surface area contributed by atoms with Gasteiger partial charge in [0.05, 0.1) is 6.10 Å². The number of thioether (sulfide) groups is 1. The van der Waals surface area contributed by atoms with Crippen molar-refractivity contribution in [2.24, 2.45) is 10.9 Å². The van der Waals surface area contributed by atoms with Crippen LogP contribution < -0.4 is 5.32 Å². The van der Waals surface area contributed by atoms with Gasteiger partial charge in [-0.15, -0.1) is 0 Å². The van der Waals surface area contributed by atoms with Gasteiger partial charge in [-0.1, -0.05) is 18.7 Å². The molecule has 3 unspecified atom stereocenters. The van der Waals surface area contributed by atoms with Crippen LogP contribution in [0.25, 0.3) is 0 Å². The maximum absolute atomic E-state index is 5.57. The van der Waals surface area contributed by atoms with Crippen molar-refractivity contribution in [3.63, 3.8) is 0 Å². The molecule has 0 aromatic carbocycles. The first-order chi connectivity index (χ1) is 8.13. The Bertz CT molecular complexity index is 295. The first-order valence-corrected chi connectivity index (χ1v) is 7.68. The summed E-state index contributed by atoms with van der Waals surface area (Å²) in [6.45, 7) is 8.52. The molecule has 0 bridgehead atoms. The smallest absolute Gasteiger partial charge is 0.156 e. The highest BCUT2D eigenvalue weighted by Crippen LogP contribution is 2.26. The number of rotatable bonds is 3. The topological polar surface area (TPSA) is 33.6 Å². The second-order valence-corrected chi connectivity index (χ2v) is 6.49. The van der Waals surface area contributed by atoms with E-state index in [2.05, 4.69) is 26.1 Å². The Hall–Kier alpha value is -0.220. The van der Waals surface area contributed by atoms with Gasteiger partial charge in [-0.2, -0.15) is 0 Å². The van der Waals surface area contributed by atoms with E-state index in [1.165, 1.54) is 12.2 Å². The molecule has 3 atom stereocenters. The van der Waals surface area contributed by atoms with E-state index in [4.69, 9.17) is 9.73 Å². The van der Waals surface area contributed by atoms with Crippen molar-refractivity contribution >= 4 is 16.9 Å². The molecule has 1 N–H and O–H groups in total. The normalized spacial score (nSPS) is 40.5. The summed E-state index contributed by atoms with van der Waals surface area (Å²) in [5.74, 6) is 1.80. The lowest BCUT2D eigenvalue weighted by Crippen LogP contribution is -2.48. The predicted molar refractivity (Wildman–Crippen MR) is 74.7 cm³/mol. The molecule has 2 heterocycles. The lowest BCUT2D eigenvalue weighted by atomic mass is 9.96. The molecule has 2 saturated heterocycles. The molecule has 0 aromatic rings. The summed E-state index contributed by atoms with van der Waals surface area (Å²) in [5.41, 5.74) is 0.252. The average molecular weight is 256 g/mol. The van der Waals surface area contributed by atoms with E-state index in [1.54, 1.807) is 0 Å². The van der Waals surface area contributed by atoms with Crippen LogP contribution in [0.1, 0.15) is 40.0 Å². The molecular weight excluding hydrogens is 232 g/mol. The Balaban J connectivity index is 1.88. The van der Waals surface area contributed by atoms with E-state index in [1.807, 2.05) is 11.8 Å². The van der Waals surface area contributed by atoms with Crippen LogP contribution in [0.5, 0.6) is 0 Å². The molecule has 2 aliphatic rings. The number of amidine groups is 1. The Morgan fingerprint density at radius 3 is 3.06 bits per heavy atom. The molecule has 2 fully saturated rings. The van der Waals surface area contributed by atoms with Gasteiger partial charge in [0.2, 0.25) is 0 Å².